The molecule has 1 atom stereocenters. The standard InChI is InChI=1S/C9H14N2/c10-8-3-4-9(7-8)11-5-1-2-6-11/h1-2,9-10H,3-7H2. The Morgan fingerprint density at radius 1 is 1.36 bits per heavy atom. The van der Waals surface area contributed by atoms with Crippen LogP contribution in [-0.4, -0.2) is 29.7 Å². The van der Waals surface area contributed by atoms with Crippen molar-refractivity contribution in [2.75, 3.05) is 13.1 Å². The molecule has 0 saturated heterocycles. The van der Waals surface area contributed by atoms with Crippen LogP contribution >= 0.6 is 0 Å². The maximum absolute atomic E-state index is 7.50. The third kappa shape index (κ3) is 1.36. The highest BCUT2D eigenvalue weighted by molar-refractivity contribution is 5.84. The first-order chi connectivity index (χ1) is 5.36. The molecule has 0 bridgehead atoms. The molecular weight excluding hydrogens is 136 g/mol. The highest BCUT2D eigenvalue weighted by Crippen LogP contribution is 2.22. The van der Waals surface area contributed by atoms with Gasteiger partial charge in [0.15, 0.2) is 0 Å². The second-order valence-electron chi connectivity index (χ2n) is 3.43. The van der Waals surface area contributed by atoms with E-state index in [4.69, 9.17) is 5.41 Å². The van der Waals surface area contributed by atoms with Gasteiger partial charge in [0.2, 0.25) is 0 Å². The van der Waals surface area contributed by atoms with Crippen molar-refractivity contribution in [3.63, 3.8) is 0 Å². The second kappa shape index (κ2) is 2.78. The van der Waals surface area contributed by atoms with Crippen molar-refractivity contribution < 1.29 is 0 Å². The molecule has 1 aliphatic heterocycles. The SMILES string of the molecule is N=C1CCC(N2CC=CC2)C1. The molecule has 1 N–H and O–H groups in total. The first-order valence-electron chi connectivity index (χ1n) is 4.31. The van der Waals surface area contributed by atoms with Crippen LogP contribution in [0.1, 0.15) is 19.3 Å². The lowest BCUT2D eigenvalue weighted by Crippen LogP contribution is -2.30. The van der Waals surface area contributed by atoms with E-state index in [9.17, 15) is 0 Å². The number of rotatable bonds is 1. The summed E-state index contributed by atoms with van der Waals surface area (Å²) in [5.74, 6) is 0. The molecule has 2 aliphatic rings. The second-order valence-corrected chi connectivity index (χ2v) is 3.43. The summed E-state index contributed by atoms with van der Waals surface area (Å²) >= 11 is 0. The number of hydrogen-bond donors (Lipinski definition) is 1. The third-order valence-corrected chi connectivity index (χ3v) is 2.62. The van der Waals surface area contributed by atoms with Crippen molar-refractivity contribution in [2.45, 2.75) is 25.3 Å². The summed E-state index contributed by atoms with van der Waals surface area (Å²) in [5.41, 5.74) is 0.946. The van der Waals surface area contributed by atoms with Gasteiger partial charge in [-0.1, -0.05) is 12.2 Å². The molecule has 0 radical (unpaired) electrons. The Bertz CT molecular complexity index is 188. The van der Waals surface area contributed by atoms with Crippen LogP contribution in [0.15, 0.2) is 12.2 Å². The van der Waals surface area contributed by atoms with E-state index in [1.807, 2.05) is 0 Å². The van der Waals surface area contributed by atoms with Crippen molar-refractivity contribution in [3.8, 4) is 0 Å². The largest absolute Gasteiger partial charge is 0.310 e. The highest BCUT2D eigenvalue weighted by atomic mass is 15.2. The lowest BCUT2D eigenvalue weighted by Gasteiger charge is -2.21. The summed E-state index contributed by atoms with van der Waals surface area (Å²) in [7, 11) is 0. The summed E-state index contributed by atoms with van der Waals surface area (Å²) in [6.45, 7) is 2.22. The summed E-state index contributed by atoms with van der Waals surface area (Å²) in [6, 6.07) is 0.678. The molecule has 2 heteroatoms. The van der Waals surface area contributed by atoms with E-state index in [1.54, 1.807) is 0 Å². The van der Waals surface area contributed by atoms with E-state index in [2.05, 4.69) is 17.1 Å². The van der Waals surface area contributed by atoms with Crippen LogP contribution in [0.25, 0.3) is 0 Å². The molecule has 1 unspecified atom stereocenters. The van der Waals surface area contributed by atoms with Crippen LogP contribution in [0.3, 0.4) is 0 Å². The van der Waals surface area contributed by atoms with Gasteiger partial charge >= 0.3 is 0 Å². The van der Waals surface area contributed by atoms with Gasteiger partial charge in [0.1, 0.15) is 0 Å². The Morgan fingerprint density at radius 3 is 2.64 bits per heavy atom. The quantitative estimate of drug-likeness (QED) is 0.562. The summed E-state index contributed by atoms with van der Waals surface area (Å²) in [6.07, 6.45) is 7.70. The fourth-order valence-electron chi connectivity index (χ4n) is 1.93. The van der Waals surface area contributed by atoms with Crippen LogP contribution in [0.4, 0.5) is 0 Å². The summed E-state index contributed by atoms with van der Waals surface area (Å²) in [4.78, 5) is 2.46. The minimum atomic E-state index is 0.678. The maximum Gasteiger partial charge on any atom is 0.0170 e. The topological polar surface area (TPSA) is 27.1 Å². The lowest BCUT2D eigenvalue weighted by atomic mass is 10.2. The van der Waals surface area contributed by atoms with Crippen LogP contribution in [-0.2, 0) is 0 Å². The Hall–Kier alpha value is -0.630. The number of hydrogen-bond acceptors (Lipinski definition) is 2. The van der Waals surface area contributed by atoms with Crippen molar-refractivity contribution >= 4 is 5.71 Å². The predicted octanol–water partition coefficient (Wildman–Crippen LogP) is 1.43. The predicted molar refractivity (Wildman–Crippen MR) is 46.1 cm³/mol. The van der Waals surface area contributed by atoms with Gasteiger partial charge in [-0.2, -0.15) is 0 Å². The molecule has 1 fully saturated rings. The van der Waals surface area contributed by atoms with Gasteiger partial charge in [0.05, 0.1) is 0 Å². The van der Waals surface area contributed by atoms with Crippen LogP contribution in [0, 0.1) is 5.41 Å². The molecule has 1 saturated carbocycles. The monoisotopic (exact) mass is 150 g/mol. The zero-order valence-corrected chi connectivity index (χ0v) is 6.71. The van der Waals surface area contributed by atoms with Gasteiger partial charge < -0.3 is 5.41 Å². The molecule has 2 rings (SSSR count). The summed E-state index contributed by atoms with van der Waals surface area (Å²) in [5, 5.41) is 7.50. The van der Waals surface area contributed by atoms with Gasteiger partial charge in [-0.25, -0.2) is 0 Å². The van der Waals surface area contributed by atoms with Crippen molar-refractivity contribution in [1.82, 2.24) is 4.90 Å². The van der Waals surface area contributed by atoms with Crippen LogP contribution < -0.4 is 0 Å². The molecule has 60 valence electrons. The maximum atomic E-state index is 7.50. The third-order valence-electron chi connectivity index (χ3n) is 2.62. The Labute approximate surface area is 67.4 Å². The molecule has 0 aromatic rings. The van der Waals surface area contributed by atoms with Crippen molar-refractivity contribution in [3.05, 3.63) is 12.2 Å². The molecule has 11 heavy (non-hydrogen) atoms. The summed E-state index contributed by atoms with van der Waals surface area (Å²) < 4.78 is 0. The van der Waals surface area contributed by atoms with Gasteiger partial charge in [0.25, 0.3) is 0 Å². The molecule has 1 aliphatic carbocycles. The minimum Gasteiger partial charge on any atom is -0.310 e. The molecule has 0 aromatic heterocycles. The first-order valence-corrected chi connectivity index (χ1v) is 4.31. The fourth-order valence-corrected chi connectivity index (χ4v) is 1.93. The average molecular weight is 150 g/mol. The molecule has 0 amide bonds. The van der Waals surface area contributed by atoms with E-state index in [0.717, 1.165) is 31.6 Å². The minimum absolute atomic E-state index is 0.678. The van der Waals surface area contributed by atoms with Crippen molar-refractivity contribution in [2.24, 2.45) is 0 Å². The van der Waals surface area contributed by atoms with Crippen LogP contribution in [0.5, 0.6) is 0 Å². The lowest BCUT2D eigenvalue weighted by molar-refractivity contribution is 0.261. The molecule has 0 aromatic carbocycles. The Morgan fingerprint density at radius 2 is 2.09 bits per heavy atom. The van der Waals surface area contributed by atoms with E-state index in [1.165, 1.54) is 6.42 Å². The van der Waals surface area contributed by atoms with Gasteiger partial charge in [0, 0.05) is 31.3 Å². The zero-order chi connectivity index (χ0) is 7.68. The number of nitrogens with one attached hydrogen (secondary N) is 1. The van der Waals surface area contributed by atoms with E-state index < -0.39 is 0 Å². The number of nitrogens with zero attached hydrogens (tertiary/aromatic N) is 1. The smallest absolute Gasteiger partial charge is 0.0170 e. The van der Waals surface area contributed by atoms with Gasteiger partial charge in [-0.15, -0.1) is 0 Å². The van der Waals surface area contributed by atoms with Crippen molar-refractivity contribution in [1.29, 1.82) is 5.41 Å². The fraction of sp³-hybridized carbons (Fsp3) is 0.667. The zero-order valence-electron chi connectivity index (χ0n) is 6.71. The average Bonchev–Trinajstić information content (AvgIpc) is 2.55. The van der Waals surface area contributed by atoms with E-state index >= 15 is 0 Å². The molecular formula is C9H14N2. The first kappa shape index (κ1) is 7.04. The Kier molecular flexibility index (Phi) is 1.78. The highest BCUT2D eigenvalue weighted by Gasteiger charge is 2.25. The molecule has 0 spiro atoms. The van der Waals surface area contributed by atoms with Gasteiger partial charge in [-0.3, -0.25) is 4.90 Å². The van der Waals surface area contributed by atoms with Gasteiger partial charge in [-0.05, 0) is 12.8 Å². The Balaban J connectivity index is 1.91. The van der Waals surface area contributed by atoms with E-state index in [0.29, 0.717) is 6.04 Å². The van der Waals surface area contributed by atoms with E-state index in [-0.39, 0.29) is 0 Å². The molecule has 1 heterocycles. The molecule has 2 nitrogen and oxygen atoms in total. The van der Waals surface area contributed by atoms with Crippen LogP contribution in [0.2, 0.25) is 0 Å². The normalized spacial score (nSPS) is 32.0.